The highest BCUT2D eigenvalue weighted by atomic mass is 32.1. The molecule has 0 saturated heterocycles. The van der Waals surface area contributed by atoms with Crippen molar-refractivity contribution in [1.82, 2.24) is 16.0 Å². The Balaban J connectivity index is 2.48. The summed E-state index contributed by atoms with van der Waals surface area (Å²) in [5.41, 5.74) is 0.520. The molecule has 0 saturated carbocycles. The topological polar surface area (TPSA) is 185 Å². The van der Waals surface area contributed by atoms with E-state index < -0.39 is 42.4 Å². The van der Waals surface area contributed by atoms with E-state index in [2.05, 4.69) is 28.6 Å². The van der Waals surface area contributed by atoms with Gasteiger partial charge < -0.3 is 36.4 Å². The summed E-state index contributed by atoms with van der Waals surface area (Å²) in [6.45, 7) is -0.394. The Morgan fingerprint density at radius 3 is 2.33 bits per heavy atom. The summed E-state index contributed by atoms with van der Waals surface area (Å²) in [6.07, 6.45) is 0.0528. The summed E-state index contributed by atoms with van der Waals surface area (Å²) in [6, 6.07) is 2.01. The zero-order valence-electron chi connectivity index (χ0n) is 16.0. The smallest absolute Gasteiger partial charge is 0.322 e. The number of hydrogen-bond donors (Lipinski definition) is 8. The van der Waals surface area contributed by atoms with Gasteiger partial charge in [0, 0.05) is 24.8 Å². The van der Waals surface area contributed by atoms with E-state index in [4.69, 9.17) is 5.11 Å². The van der Waals surface area contributed by atoms with Crippen LogP contribution in [0, 0.1) is 0 Å². The standard InChI is InChI=1S/C18H25N3O8S/c22-11-2-1-10(14(23)7-11)5-6-19-12(18(28)29)3-4-15(24)21-13(9-30)17(27)20-8-16(25)26/h1-2,7,12-13,19,22-23,30H,3-6,8-9H2,(H,20,27)(H,21,24)(H,25,26)(H,28,29)/t12-,13-/m0/s1. The number of carbonyl (C=O) groups is 4. The molecule has 0 aliphatic rings. The molecule has 166 valence electrons. The van der Waals surface area contributed by atoms with Crippen molar-refractivity contribution in [2.45, 2.75) is 31.3 Å². The number of carbonyl (C=O) groups excluding carboxylic acids is 2. The minimum absolute atomic E-state index is 0.0568. The molecule has 0 fully saturated rings. The van der Waals surface area contributed by atoms with Crippen LogP contribution < -0.4 is 16.0 Å². The van der Waals surface area contributed by atoms with E-state index in [-0.39, 0.29) is 36.6 Å². The SMILES string of the molecule is O=C(O)CNC(=O)[C@H](CS)NC(=O)CC[C@H](NCCc1ccc(O)cc1O)C(=O)O. The largest absolute Gasteiger partial charge is 0.508 e. The van der Waals surface area contributed by atoms with E-state index in [1.807, 2.05) is 0 Å². The van der Waals surface area contributed by atoms with Crippen molar-refractivity contribution in [2.24, 2.45) is 0 Å². The lowest BCUT2D eigenvalue weighted by Gasteiger charge is -2.17. The summed E-state index contributed by atoms with van der Waals surface area (Å²) >= 11 is 3.95. The molecule has 0 radical (unpaired) electrons. The molecule has 0 unspecified atom stereocenters. The number of amides is 2. The molecule has 1 aromatic carbocycles. The van der Waals surface area contributed by atoms with Crippen molar-refractivity contribution in [3.63, 3.8) is 0 Å². The fraction of sp³-hybridized carbons (Fsp3) is 0.444. The van der Waals surface area contributed by atoms with Gasteiger partial charge in [0.25, 0.3) is 0 Å². The Kier molecular flexibility index (Phi) is 10.5. The Hall–Kier alpha value is -2.99. The van der Waals surface area contributed by atoms with Gasteiger partial charge in [0.1, 0.15) is 30.1 Å². The number of aromatic hydroxyl groups is 2. The van der Waals surface area contributed by atoms with Crippen LogP contribution in [0.15, 0.2) is 18.2 Å². The zero-order valence-corrected chi connectivity index (χ0v) is 16.9. The van der Waals surface area contributed by atoms with Crippen LogP contribution in [0.5, 0.6) is 11.5 Å². The Morgan fingerprint density at radius 1 is 1.07 bits per heavy atom. The summed E-state index contributed by atoms with van der Waals surface area (Å²) in [7, 11) is 0. The molecule has 0 aromatic heterocycles. The van der Waals surface area contributed by atoms with Gasteiger partial charge in [-0.2, -0.15) is 12.6 Å². The van der Waals surface area contributed by atoms with E-state index in [1.54, 1.807) is 0 Å². The number of phenols is 2. The third kappa shape index (κ3) is 9.01. The van der Waals surface area contributed by atoms with Crippen LogP contribution >= 0.6 is 12.6 Å². The second-order valence-corrected chi connectivity index (χ2v) is 6.73. The average Bonchev–Trinajstić information content (AvgIpc) is 2.67. The predicted octanol–water partition coefficient (Wildman–Crippen LogP) is -0.921. The van der Waals surface area contributed by atoms with Crippen LogP contribution in [0.4, 0.5) is 0 Å². The van der Waals surface area contributed by atoms with E-state index >= 15 is 0 Å². The highest BCUT2D eigenvalue weighted by Gasteiger charge is 2.22. The lowest BCUT2D eigenvalue weighted by Crippen LogP contribution is -2.49. The van der Waals surface area contributed by atoms with Crippen LogP contribution in [0.1, 0.15) is 18.4 Å². The van der Waals surface area contributed by atoms with Crippen molar-refractivity contribution >= 4 is 36.4 Å². The van der Waals surface area contributed by atoms with Gasteiger partial charge in [-0.3, -0.25) is 19.2 Å². The van der Waals surface area contributed by atoms with Gasteiger partial charge in [0.15, 0.2) is 0 Å². The van der Waals surface area contributed by atoms with Crippen LogP contribution in [0.25, 0.3) is 0 Å². The molecule has 0 bridgehead atoms. The molecule has 12 heteroatoms. The number of rotatable bonds is 13. The molecule has 1 rings (SSSR count). The molecule has 2 atom stereocenters. The molecule has 0 spiro atoms. The molecule has 2 amide bonds. The van der Waals surface area contributed by atoms with Gasteiger partial charge in [-0.05, 0) is 24.5 Å². The molecular formula is C18H25N3O8S. The molecule has 30 heavy (non-hydrogen) atoms. The first-order chi connectivity index (χ1) is 14.1. The maximum atomic E-state index is 12.0. The van der Waals surface area contributed by atoms with Crippen LogP contribution in [-0.4, -0.2) is 75.1 Å². The molecule has 7 N–H and O–H groups in total. The lowest BCUT2D eigenvalue weighted by molar-refractivity contribution is -0.140. The molecular weight excluding hydrogens is 418 g/mol. The number of phenolic OH excluding ortho intramolecular Hbond substituents is 2. The van der Waals surface area contributed by atoms with Gasteiger partial charge in [-0.1, -0.05) is 6.07 Å². The van der Waals surface area contributed by atoms with Crippen molar-refractivity contribution in [3.8, 4) is 11.5 Å². The average molecular weight is 443 g/mol. The summed E-state index contributed by atoms with van der Waals surface area (Å²) in [5, 5.41) is 44.1. The molecule has 11 nitrogen and oxygen atoms in total. The first kappa shape index (κ1) is 25.0. The summed E-state index contributed by atoms with van der Waals surface area (Å²) < 4.78 is 0. The fourth-order valence-corrected chi connectivity index (χ4v) is 2.74. The normalized spacial score (nSPS) is 12.6. The number of carboxylic acid groups (broad SMARTS) is 2. The zero-order chi connectivity index (χ0) is 22.7. The van der Waals surface area contributed by atoms with Crippen molar-refractivity contribution in [2.75, 3.05) is 18.8 Å². The van der Waals surface area contributed by atoms with Gasteiger partial charge >= 0.3 is 11.9 Å². The van der Waals surface area contributed by atoms with Crippen LogP contribution in [0.2, 0.25) is 0 Å². The highest BCUT2D eigenvalue weighted by Crippen LogP contribution is 2.22. The molecule has 0 heterocycles. The summed E-state index contributed by atoms with van der Waals surface area (Å²) in [4.78, 5) is 45.7. The maximum Gasteiger partial charge on any atom is 0.322 e. The van der Waals surface area contributed by atoms with E-state index in [9.17, 15) is 34.5 Å². The van der Waals surface area contributed by atoms with E-state index in [0.29, 0.717) is 12.0 Å². The van der Waals surface area contributed by atoms with Crippen LogP contribution in [0.3, 0.4) is 0 Å². The quantitative estimate of drug-likeness (QED) is 0.178. The van der Waals surface area contributed by atoms with Gasteiger partial charge in [0.2, 0.25) is 11.8 Å². The lowest BCUT2D eigenvalue weighted by atomic mass is 10.1. The number of carboxylic acids is 2. The van der Waals surface area contributed by atoms with Gasteiger partial charge in [-0.25, -0.2) is 0 Å². The Bertz CT molecular complexity index is 774. The van der Waals surface area contributed by atoms with E-state index in [1.165, 1.54) is 18.2 Å². The first-order valence-corrected chi connectivity index (χ1v) is 9.64. The predicted molar refractivity (Wildman–Crippen MR) is 109 cm³/mol. The number of thiol groups is 1. The molecule has 0 aliphatic carbocycles. The monoisotopic (exact) mass is 443 g/mol. The molecule has 0 aliphatic heterocycles. The number of nitrogens with one attached hydrogen (secondary N) is 3. The maximum absolute atomic E-state index is 12.0. The van der Waals surface area contributed by atoms with Gasteiger partial charge in [-0.15, -0.1) is 0 Å². The Morgan fingerprint density at radius 2 is 1.77 bits per heavy atom. The number of aliphatic carboxylic acids is 2. The minimum atomic E-state index is -1.23. The first-order valence-electron chi connectivity index (χ1n) is 9.00. The molecule has 1 aromatic rings. The minimum Gasteiger partial charge on any atom is -0.508 e. The van der Waals surface area contributed by atoms with Crippen molar-refractivity contribution < 1.29 is 39.6 Å². The van der Waals surface area contributed by atoms with Gasteiger partial charge in [0.05, 0.1) is 0 Å². The second-order valence-electron chi connectivity index (χ2n) is 6.36. The third-order valence-corrected chi connectivity index (χ3v) is 4.43. The van der Waals surface area contributed by atoms with Crippen molar-refractivity contribution in [1.29, 1.82) is 0 Å². The third-order valence-electron chi connectivity index (χ3n) is 4.06. The highest BCUT2D eigenvalue weighted by molar-refractivity contribution is 7.80. The van der Waals surface area contributed by atoms with E-state index in [0.717, 1.165) is 0 Å². The second kappa shape index (κ2) is 12.5. The summed E-state index contributed by atoms with van der Waals surface area (Å²) in [5.74, 6) is -3.94. The number of benzene rings is 1. The fourth-order valence-electron chi connectivity index (χ4n) is 2.48. The van der Waals surface area contributed by atoms with Crippen molar-refractivity contribution in [3.05, 3.63) is 23.8 Å². The Labute approximate surface area is 177 Å². The van der Waals surface area contributed by atoms with Crippen LogP contribution in [-0.2, 0) is 25.6 Å². The number of hydrogen-bond acceptors (Lipinski definition) is 8.